The summed E-state index contributed by atoms with van der Waals surface area (Å²) in [6.45, 7) is 3.85. The minimum Gasteiger partial charge on any atom is -0.465 e. The molecule has 2 atom stereocenters. The Morgan fingerprint density at radius 1 is 1.12 bits per heavy atom. The SMILES string of the molecule is CC(C)C(NC(=O)O)C(=O)N[C@H]1CCCCCCCNC(=O)C1=O. The third-order valence-corrected chi connectivity index (χ3v) is 4.04. The lowest BCUT2D eigenvalue weighted by atomic mass is 10.00. The number of nitrogens with one attached hydrogen (secondary N) is 3. The smallest absolute Gasteiger partial charge is 0.405 e. The van der Waals surface area contributed by atoms with Crippen LogP contribution in [-0.4, -0.2) is 47.4 Å². The van der Waals surface area contributed by atoms with Crippen LogP contribution in [0.3, 0.4) is 0 Å². The third kappa shape index (κ3) is 6.55. The molecule has 0 aromatic heterocycles. The predicted molar refractivity (Wildman–Crippen MR) is 87.4 cm³/mol. The molecule has 3 amide bonds. The molecule has 8 heteroatoms. The van der Waals surface area contributed by atoms with Gasteiger partial charge in [0.25, 0.3) is 5.91 Å². The Hall–Kier alpha value is -2.12. The van der Waals surface area contributed by atoms with Crippen molar-refractivity contribution in [2.24, 2.45) is 5.92 Å². The molecule has 0 spiro atoms. The van der Waals surface area contributed by atoms with Gasteiger partial charge in [0.1, 0.15) is 6.04 Å². The van der Waals surface area contributed by atoms with Crippen molar-refractivity contribution in [3.05, 3.63) is 0 Å². The third-order valence-electron chi connectivity index (χ3n) is 4.04. The van der Waals surface area contributed by atoms with E-state index >= 15 is 0 Å². The Bertz CT molecular complexity index is 478. The van der Waals surface area contributed by atoms with Gasteiger partial charge in [-0.05, 0) is 18.8 Å². The van der Waals surface area contributed by atoms with Gasteiger partial charge in [-0.15, -0.1) is 0 Å². The van der Waals surface area contributed by atoms with Gasteiger partial charge >= 0.3 is 6.09 Å². The molecule has 1 fully saturated rings. The molecule has 0 bridgehead atoms. The Kier molecular flexibility index (Phi) is 8.21. The maximum Gasteiger partial charge on any atom is 0.405 e. The molecule has 0 aromatic rings. The molecule has 4 N–H and O–H groups in total. The number of hydrogen-bond donors (Lipinski definition) is 4. The first-order valence-electron chi connectivity index (χ1n) is 8.44. The van der Waals surface area contributed by atoms with Crippen LogP contribution in [0.15, 0.2) is 0 Å². The van der Waals surface area contributed by atoms with Crippen LogP contribution in [0, 0.1) is 5.92 Å². The molecule has 1 aliphatic rings. The van der Waals surface area contributed by atoms with Crippen molar-refractivity contribution in [3.63, 3.8) is 0 Å². The van der Waals surface area contributed by atoms with Crippen LogP contribution >= 0.6 is 0 Å². The highest BCUT2D eigenvalue weighted by Crippen LogP contribution is 2.11. The quantitative estimate of drug-likeness (QED) is 0.563. The van der Waals surface area contributed by atoms with Crippen LogP contribution in [0.25, 0.3) is 0 Å². The van der Waals surface area contributed by atoms with E-state index in [2.05, 4.69) is 16.0 Å². The van der Waals surface area contributed by atoms with E-state index in [1.54, 1.807) is 13.8 Å². The van der Waals surface area contributed by atoms with Gasteiger partial charge in [0.05, 0.1) is 6.04 Å². The van der Waals surface area contributed by atoms with Crippen molar-refractivity contribution in [1.82, 2.24) is 16.0 Å². The van der Waals surface area contributed by atoms with Crippen LogP contribution in [0.4, 0.5) is 4.79 Å². The maximum atomic E-state index is 12.3. The topological polar surface area (TPSA) is 125 Å². The molecule has 0 aliphatic carbocycles. The Morgan fingerprint density at radius 3 is 2.38 bits per heavy atom. The number of rotatable bonds is 4. The zero-order valence-electron chi connectivity index (χ0n) is 14.3. The van der Waals surface area contributed by atoms with Crippen LogP contribution in [0.1, 0.15) is 52.4 Å². The summed E-state index contributed by atoms with van der Waals surface area (Å²) in [5.41, 5.74) is 0. The van der Waals surface area contributed by atoms with Crippen LogP contribution in [0.2, 0.25) is 0 Å². The Morgan fingerprint density at radius 2 is 1.75 bits per heavy atom. The molecule has 1 heterocycles. The zero-order valence-corrected chi connectivity index (χ0v) is 14.3. The molecular weight excluding hydrogens is 314 g/mol. The fraction of sp³-hybridized carbons (Fsp3) is 0.750. The first-order chi connectivity index (χ1) is 11.3. The highest BCUT2D eigenvalue weighted by Gasteiger charge is 2.31. The van der Waals surface area contributed by atoms with Gasteiger partial charge in [-0.25, -0.2) is 4.79 Å². The summed E-state index contributed by atoms with van der Waals surface area (Å²) in [6, 6.07) is -1.90. The van der Waals surface area contributed by atoms with E-state index in [4.69, 9.17) is 5.11 Å². The lowest BCUT2D eigenvalue weighted by Crippen LogP contribution is -2.55. The summed E-state index contributed by atoms with van der Waals surface area (Å²) in [5, 5.41) is 16.1. The monoisotopic (exact) mass is 341 g/mol. The number of carbonyl (C=O) groups excluding carboxylic acids is 3. The van der Waals surface area contributed by atoms with Gasteiger partial charge in [0.15, 0.2) is 0 Å². The summed E-state index contributed by atoms with van der Waals surface area (Å²) in [6.07, 6.45) is 3.54. The molecule has 0 radical (unpaired) electrons. The molecule has 1 unspecified atom stereocenters. The first kappa shape index (κ1) is 19.9. The van der Waals surface area contributed by atoms with Crippen molar-refractivity contribution in [2.45, 2.75) is 64.5 Å². The van der Waals surface area contributed by atoms with Crippen molar-refractivity contribution < 1.29 is 24.3 Å². The molecule has 8 nitrogen and oxygen atoms in total. The van der Waals surface area contributed by atoms with Crippen molar-refractivity contribution in [1.29, 1.82) is 0 Å². The average Bonchev–Trinajstić information content (AvgIpc) is 2.54. The first-order valence-corrected chi connectivity index (χ1v) is 8.44. The summed E-state index contributed by atoms with van der Waals surface area (Å²) < 4.78 is 0. The second-order valence-corrected chi connectivity index (χ2v) is 6.41. The number of hydrogen-bond acceptors (Lipinski definition) is 4. The highest BCUT2D eigenvalue weighted by molar-refractivity contribution is 6.38. The summed E-state index contributed by atoms with van der Waals surface area (Å²) in [4.78, 5) is 47.3. The van der Waals surface area contributed by atoms with Gasteiger partial charge in [-0.3, -0.25) is 14.4 Å². The molecule has 0 saturated carbocycles. The van der Waals surface area contributed by atoms with E-state index in [-0.39, 0.29) is 5.92 Å². The van der Waals surface area contributed by atoms with Crippen molar-refractivity contribution >= 4 is 23.7 Å². The van der Waals surface area contributed by atoms with Crippen LogP contribution < -0.4 is 16.0 Å². The fourth-order valence-electron chi connectivity index (χ4n) is 2.65. The number of carbonyl (C=O) groups is 4. The van der Waals surface area contributed by atoms with Gasteiger partial charge in [0, 0.05) is 6.54 Å². The molecule has 0 aromatic carbocycles. The van der Waals surface area contributed by atoms with Gasteiger partial charge in [0.2, 0.25) is 11.7 Å². The predicted octanol–water partition coefficient (Wildman–Crippen LogP) is 0.803. The molecule has 1 saturated heterocycles. The standard InChI is InChI=1S/C16H27N3O5/c1-10(2)12(19-16(23)24)14(21)18-11-8-6-4-3-5-7-9-17-15(22)13(11)20/h10-12,19H,3-9H2,1-2H3,(H,17,22)(H,18,21)(H,23,24)/t11-,12?/m0/s1. The van der Waals surface area contributed by atoms with Crippen LogP contribution in [-0.2, 0) is 14.4 Å². The van der Waals surface area contributed by atoms with Gasteiger partial charge in [-0.1, -0.05) is 39.5 Å². The van der Waals surface area contributed by atoms with E-state index in [0.717, 1.165) is 32.1 Å². The molecule has 1 aliphatic heterocycles. The molecular formula is C16H27N3O5. The Labute approximate surface area is 141 Å². The maximum absolute atomic E-state index is 12.3. The molecule has 24 heavy (non-hydrogen) atoms. The minimum absolute atomic E-state index is 0.284. The lowest BCUT2D eigenvalue weighted by Gasteiger charge is -2.23. The lowest BCUT2D eigenvalue weighted by molar-refractivity contribution is -0.140. The minimum atomic E-state index is -1.31. The Balaban J connectivity index is 2.80. The number of ketones is 1. The zero-order chi connectivity index (χ0) is 18.1. The second kappa shape index (κ2) is 9.89. The second-order valence-electron chi connectivity index (χ2n) is 6.41. The summed E-state index contributed by atoms with van der Waals surface area (Å²) in [7, 11) is 0. The van der Waals surface area contributed by atoms with Gasteiger partial charge in [-0.2, -0.15) is 0 Å². The van der Waals surface area contributed by atoms with Crippen molar-refractivity contribution in [2.75, 3.05) is 6.54 Å². The number of carboxylic acid groups (broad SMARTS) is 1. The van der Waals surface area contributed by atoms with E-state index < -0.39 is 35.8 Å². The summed E-state index contributed by atoms with van der Waals surface area (Å²) >= 11 is 0. The normalized spacial score (nSPS) is 21.4. The average molecular weight is 341 g/mol. The van der Waals surface area contributed by atoms with E-state index in [9.17, 15) is 19.2 Å². The number of Topliss-reactive ketones (excluding diaryl/α,β-unsaturated/α-hetero) is 1. The number of amides is 3. The largest absolute Gasteiger partial charge is 0.465 e. The van der Waals surface area contributed by atoms with Crippen molar-refractivity contribution in [3.8, 4) is 0 Å². The fourth-order valence-corrected chi connectivity index (χ4v) is 2.65. The summed E-state index contributed by atoms with van der Waals surface area (Å²) in [5.74, 6) is -2.25. The van der Waals surface area contributed by atoms with E-state index in [1.165, 1.54) is 0 Å². The highest BCUT2D eigenvalue weighted by atomic mass is 16.4. The van der Waals surface area contributed by atoms with E-state index in [1.807, 2.05) is 0 Å². The molecule has 136 valence electrons. The van der Waals surface area contributed by atoms with Gasteiger partial charge < -0.3 is 21.1 Å². The molecule has 1 rings (SSSR count). The van der Waals surface area contributed by atoms with Crippen LogP contribution in [0.5, 0.6) is 0 Å². The van der Waals surface area contributed by atoms with E-state index in [0.29, 0.717) is 13.0 Å².